The molecule has 0 aliphatic heterocycles. The number of carbonyl (C=O) groups is 1. The summed E-state index contributed by atoms with van der Waals surface area (Å²) in [5, 5.41) is 4.34. The summed E-state index contributed by atoms with van der Waals surface area (Å²) in [5.74, 6) is 0.0370. The Labute approximate surface area is 132 Å². The van der Waals surface area contributed by atoms with Crippen molar-refractivity contribution in [2.45, 2.75) is 58.1 Å². The molecule has 2 aliphatic rings. The smallest absolute Gasteiger partial charge is 0.274 e. The van der Waals surface area contributed by atoms with Gasteiger partial charge >= 0.3 is 0 Å². The van der Waals surface area contributed by atoms with Gasteiger partial charge < -0.3 is 9.64 Å². The van der Waals surface area contributed by atoms with Gasteiger partial charge in [0, 0.05) is 37.9 Å². The molecule has 1 aromatic rings. The third-order valence-electron chi connectivity index (χ3n) is 5.77. The molecule has 5 nitrogen and oxygen atoms in total. The molecule has 1 aromatic heterocycles. The molecule has 0 saturated heterocycles. The minimum absolute atomic E-state index is 0.0370. The molecule has 0 N–H and O–H groups in total. The first-order valence-electron chi connectivity index (χ1n) is 8.39. The Morgan fingerprint density at radius 1 is 1.50 bits per heavy atom. The van der Waals surface area contributed by atoms with Crippen LogP contribution in [0.2, 0.25) is 0 Å². The van der Waals surface area contributed by atoms with E-state index < -0.39 is 0 Å². The van der Waals surface area contributed by atoms with Crippen molar-refractivity contribution in [3.63, 3.8) is 0 Å². The maximum absolute atomic E-state index is 12.8. The van der Waals surface area contributed by atoms with E-state index in [1.807, 2.05) is 32.0 Å². The number of aryl methyl sites for hydroxylation is 2. The fourth-order valence-corrected chi connectivity index (χ4v) is 4.38. The summed E-state index contributed by atoms with van der Waals surface area (Å²) in [6.45, 7) is 4.79. The largest absolute Gasteiger partial charge is 0.378 e. The number of rotatable bonds is 4. The van der Waals surface area contributed by atoms with Crippen LogP contribution < -0.4 is 0 Å². The number of nitrogens with zero attached hydrogens (tertiary/aromatic N) is 3. The molecule has 2 aliphatic carbocycles. The number of aromatic nitrogens is 2. The van der Waals surface area contributed by atoms with Crippen LogP contribution in [0.4, 0.5) is 0 Å². The zero-order valence-corrected chi connectivity index (χ0v) is 14.1. The zero-order chi connectivity index (χ0) is 15.9. The summed E-state index contributed by atoms with van der Waals surface area (Å²) >= 11 is 0. The molecule has 3 rings (SSSR count). The van der Waals surface area contributed by atoms with Crippen LogP contribution >= 0.6 is 0 Å². The third kappa shape index (κ3) is 2.26. The molecule has 0 bridgehead atoms. The first-order valence-corrected chi connectivity index (χ1v) is 8.39. The molecular formula is C17H27N3O2. The van der Waals surface area contributed by atoms with E-state index in [4.69, 9.17) is 4.74 Å². The van der Waals surface area contributed by atoms with Crippen LogP contribution in [0.1, 0.15) is 55.2 Å². The van der Waals surface area contributed by atoms with Gasteiger partial charge in [0.05, 0.1) is 6.10 Å². The van der Waals surface area contributed by atoms with Gasteiger partial charge in [0.1, 0.15) is 0 Å². The Bertz CT molecular complexity index is 541. The van der Waals surface area contributed by atoms with Gasteiger partial charge in [0.25, 0.3) is 5.91 Å². The number of amides is 1. The fraction of sp³-hybridized carbons (Fsp3) is 0.765. The summed E-state index contributed by atoms with van der Waals surface area (Å²) in [6, 6.07) is 2.17. The van der Waals surface area contributed by atoms with Gasteiger partial charge in [-0.05, 0) is 39.2 Å². The Hall–Kier alpha value is -1.36. The number of carbonyl (C=O) groups excluding carboxylic acids is 1. The molecule has 0 unspecified atom stereocenters. The first-order chi connectivity index (χ1) is 10.5. The molecule has 0 radical (unpaired) electrons. The summed E-state index contributed by atoms with van der Waals surface area (Å²) in [4.78, 5) is 14.7. The van der Waals surface area contributed by atoms with Crippen molar-refractivity contribution in [1.29, 1.82) is 0 Å². The molecule has 1 amide bonds. The van der Waals surface area contributed by atoms with Crippen LogP contribution in [-0.4, -0.2) is 46.4 Å². The molecule has 2 saturated carbocycles. The van der Waals surface area contributed by atoms with Gasteiger partial charge in [-0.25, -0.2) is 0 Å². The lowest BCUT2D eigenvalue weighted by Crippen LogP contribution is -2.64. The predicted octanol–water partition coefficient (Wildman–Crippen LogP) is 2.54. The van der Waals surface area contributed by atoms with Gasteiger partial charge in [0.15, 0.2) is 5.69 Å². The van der Waals surface area contributed by atoms with Crippen molar-refractivity contribution < 1.29 is 9.53 Å². The van der Waals surface area contributed by atoms with E-state index in [1.54, 1.807) is 4.68 Å². The second kappa shape index (κ2) is 5.69. The minimum atomic E-state index is 0.0370. The molecule has 2 atom stereocenters. The van der Waals surface area contributed by atoms with Crippen molar-refractivity contribution in [2.75, 3.05) is 13.7 Å². The maximum Gasteiger partial charge on any atom is 0.274 e. The van der Waals surface area contributed by atoms with E-state index in [0.717, 1.165) is 18.7 Å². The van der Waals surface area contributed by atoms with E-state index in [0.29, 0.717) is 17.8 Å². The zero-order valence-electron chi connectivity index (χ0n) is 14.1. The molecule has 1 spiro atoms. The Balaban J connectivity index is 1.77. The second-order valence-corrected chi connectivity index (χ2v) is 6.85. The maximum atomic E-state index is 12.8. The van der Waals surface area contributed by atoms with Gasteiger partial charge in [-0.2, -0.15) is 5.10 Å². The number of hydrogen-bond acceptors (Lipinski definition) is 3. The van der Waals surface area contributed by atoms with Crippen LogP contribution in [-0.2, 0) is 11.8 Å². The van der Waals surface area contributed by atoms with E-state index in [1.165, 1.54) is 25.7 Å². The van der Waals surface area contributed by atoms with Crippen LogP contribution in [0.5, 0.6) is 0 Å². The van der Waals surface area contributed by atoms with Crippen LogP contribution in [0.25, 0.3) is 0 Å². The lowest BCUT2D eigenvalue weighted by atomic mass is 9.60. The van der Waals surface area contributed by atoms with E-state index in [2.05, 4.69) is 12.0 Å². The molecule has 1 heterocycles. The van der Waals surface area contributed by atoms with E-state index >= 15 is 0 Å². The molecule has 2 fully saturated rings. The third-order valence-corrected chi connectivity index (χ3v) is 5.77. The van der Waals surface area contributed by atoms with Gasteiger partial charge in [-0.3, -0.25) is 9.48 Å². The Morgan fingerprint density at radius 2 is 2.18 bits per heavy atom. The first kappa shape index (κ1) is 15.5. The highest BCUT2D eigenvalue weighted by molar-refractivity contribution is 5.92. The molecule has 5 heteroatoms. The standard InChI is InChI=1S/C17H27N3O2/c1-5-22-15-11-14(17(15)8-6-7-9-17)19(3)16(21)13-10-12(2)20(4)18-13/h10,14-15H,5-9,11H2,1-4H3/t14-,15-/m0/s1. The number of ether oxygens (including phenoxy) is 1. The summed E-state index contributed by atoms with van der Waals surface area (Å²) in [7, 11) is 3.80. The van der Waals surface area contributed by atoms with Crippen molar-refractivity contribution in [1.82, 2.24) is 14.7 Å². The highest BCUT2D eigenvalue weighted by Gasteiger charge is 2.58. The average molecular weight is 305 g/mol. The predicted molar refractivity (Wildman–Crippen MR) is 84.8 cm³/mol. The highest BCUT2D eigenvalue weighted by Crippen LogP contribution is 2.56. The second-order valence-electron chi connectivity index (χ2n) is 6.85. The minimum Gasteiger partial charge on any atom is -0.378 e. The van der Waals surface area contributed by atoms with E-state index in [9.17, 15) is 4.79 Å². The van der Waals surface area contributed by atoms with Gasteiger partial charge in [-0.1, -0.05) is 12.8 Å². The van der Waals surface area contributed by atoms with Crippen molar-refractivity contribution in [3.8, 4) is 0 Å². The topological polar surface area (TPSA) is 47.4 Å². The average Bonchev–Trinajstić information content (AvgIpc) is 3.11. The van der Waals surface area contributed by atoms with Crippen molar-refractivity contribution in [2.24, 2.45) is 12.5 Å². The summed E-state index contributed by atoms with van der Waals surface area (Å²) in [6.07, 6.45) is 6.16. The Kier molecular flexibility index (Phi) is 4.02. The quantitative estimate of drug-likeness (QED) is 0.859. The van der Waals surface area contributed by atoms with Crippen LogP contribution in [0, 0.1) is 12.3 Å². The molecule has 122 valence electrons. The summed E-state index contributed by atoms with van der Waals surface area (Å²) in [5.41, 5.74) is 1.74. The Morgan fingerprint density at radius 3 is 2.73 bits per heavy atom. The number of hydrogen-bond donors (Lipinski definition) is 0. The lowest BCUT2D eigenvalue weighted by molar-refractivity contribution is -0.152. The van der Waals surface area contributed by atoms with Gasteiger partial charge in [-0.15, -0.1) is 0 Å². The lowest BCUT2D eigenvalue weighted by Gasteiger charge is -2.56. The molecular weight excluding hydrogens is 278 g/mol. The summed E-state index contributed by atoms with van der Waals surface area (Å²) < 4.78 is 7.71. The SMILES string of the molecule is CCO[C@H]1C[C@H](N(C)C(=O)c2cc(C)n(C)n2)C12CCCC2. The van der Waals surface area contributed by atoms with Gasteiger partial charge in [0.2, 0.25) is 0 Å². The normalized spacial score (nSPS) is 26.2. The van der Waals surface area contributed by atoms with E-state index in [-0.39, 0.29) is 11.3 Å². The van der Waals surface area contributed by atoms with Crippen molar-refractivity contribution in [3.05, 3.63) is 17.5 Å². The van der Waals surface area contributed by atoms with Crippen LogP contribution in [0.3, 0.4) is 0 Å². The highest BCUT2D eigenvalue weighted by atomic mass is 16.5. The van der Waals surface area contributed by atoms with Crippen LogP contribution in [0.15, 0.2) is 6.07 Å². The van der Waals surface area contributed by atoms with Crippen molar-refractivity contribution >= 4 is 5.91 Å². The molecule has 22 heavy (non-hydrogen) atoms. The monoisotopic (exact) mass is 305 g/mol. The molecule has 0 aromatic carbocycles. The fourth-order valence-electron chi connectivity index (χ4n) is 4.38.